The molecule has 0 spiro atoms. The van der Waals surface area contributed by atoms with Crippen molar-refractivity contribution in [2.24, 2.45) is 5.92 Å². The summed E-state index contributed by atoms with van der Waals surface area (Å²) in [7, 11) is 0. The van der Waals surface area contributed by atoms with Crippen LogP contribution in [-0.2, 0) is 14.3 Å². The van der Waals surface area contributed by atoms with Crippen LogP contribution >= 0.6 is 0 Å². The Bertz CT molecular complexity index is 254. The van der Waals surface area contributed by atoms with E-state index in [1.807, 2.05) is 6.92 Å². The number of carbonyl (C=O) groups is 2. The van der Waals surface area contributed by atoms with Gasteiger partial charge in [-0.1, -0.05) is 6.92 Å². The van der Waals surface area contributed by atoms with Crippen molar-refractivity contribution in [3.8, 4) is 0 Å². The van der Waals surface area contributed by atoms with E-state index in [1.165, 1.54) is 0 Å². The van der Waals surface area contributed by atoms with Gasteiger partial charge in [0.1, 0.15) is 6.04 Å². The number of nitrogens with one attached hydrogen (secondary N) is 1. The third kappa shape index (κ3) is 2.92. The summed E-state index contributed by atoms with van der Waals surface area (Å²) in [5.74, 6) is -1.41. The second-order valence-corrected chi connectivity index (χ2v) is 3.78. The third-order valence-electron chi connectivity index (χ3n) is 2.74. The van der Waals surface area contributed by atoms with Crippen LogP contribution in [0.15, 0.2) is 0 Å². The predicted molar refractivity (Wildman–Crippen MR) is 53.4 cm³/mol. The van der Waals surface area contributed by atoms with Crippen LogP contribution in [0.1, 0.15) is 26.7 Å². The SMILES string of the molecule is CCC(NC(=O)C1CCOC1C)C(=O)O. The van der Waals surface area contributed by atoms with Crippen molar-refractivity contribution in [3.05, 3.63) is 0 Å². The average Bonchev–Trinajstić information content (AvgIpc) is 2.60. The van der Waals surface area contributed by atoms with Gasteiger partial charge in [-0.25, -0.2) is 4.79 Å². The lowest BCUT2D eigenvalue weighted by Crippen LogP contribution is -2.44. The standard InChI is InChI=1S/C10H17NO4/c1-3-8(10(13)14)11-9(12)7-4-5-15-6(7)2/h6-8H,3-5H2,1-2H3,(H,11,12)(H,13,14). The van der Waals surface area contributed by atoms with Crippen molar-refractivity contribution in [1.82, 2.24) is 5.32 Å². The lowest BCUT2D eigenvalue weighted by atomic mass is 10.0. The van der Waals surface area contributed by atoms with E-state index in [0.29, 0.717) is 19.4 Å². The number of carboxylic acids is 1. The summed E-state index contributed by atoms with van der Waals surface area (Å²) in [6.45, 7) is 4.13. The molecule has 0 aliphatic carbocycles. The van der Waals surface area contributed by atoms with E-state index >= 15 is 0 Å². The molecule has 0 radical (unpaired) electrons. The highest BCUT2D eigenvalue weighted by atomic mass is 16.5. The van der Waals surface area contributed by atoms with Crippen LogP contribution in [0.4, 0.5) is 0 Å². The topological polar surface area (TPSA) is 75.6 Å². The van der Waals surface area contributed by atoms with Crippen molar-refractivity contribution < 1.29 is 19.4 Å². The molecule has 3 atom stereocenters. The fraction of sp³-hybridized carbons (Fsp3) is 0.800. The Hall–Kier alpha value is -1.10. The second kappa shape index (κ2) is 5.11. The Morgan fingerprint density at radius 1 is 1.60 bits per heavy atom. The van der Waals surface area contributed by atoms with Gasteiger partial charge in [-0.3, -0.25) is 4.79 Å². The molecule has 1 aliphatic heterocycles. The smallest absolute Gasteiger partial charge is 0.326 e. The van der Waals surface area contributed by atoms with Gasteiger partial charge in [0.2, 0.25) is 5.91 Å². The quantitative estimate of drug-likeness (QED) is 0.711. The molecule has 0 bridgehead atoms. The van der Waals surface area contributed by atoms with E-state index < -0.39 is 12.0 Å². The van der Waals surface area contributed by atoms with Crippen LogP contribution in [0.2, 0.25) is 0 Å². The summed E-state index contributed by atoms with van der Waals surface area (Å²) < 4.78 is 5.25. The Morgan fingerprint density at radius 3 is 2.67 bits per heavy atom. The zero-order valence-corrected chi connectivity index (χ0v) is 9.03. The second-order valence-electron chi connectivity index (χ2n) is 3.78. The van der Waals surface area contributed by atoms with Gasteiger partial charge in [-0.2, -0.15) is 0 Å². The van der Waals surface area contributed by atoms with E-state index in [0.717, 1.165) is 0 Å². The molecule has 5 nitrogen and oxygen atoms in total. The van der Waals surface area contributed by atoms with Crippen LogP contribution in [0.25, 0.3) is 0 Å². The molecule has 86 valence electrons. The minimum atomic E-state index is -0.989. The number of aliphatic carboxylic acids is 1. The highest BCUT2D eigenvalue weighted by Gasteiger charge is 2.32. The fourth-order valence-corrected chi connectivity index (χ4v) is 1.69. The minimum absolute atomic E-state index is 0.115. The molecule has 0 aromatic rings. The number of rotatable bonds is 4. The lowest BCUT2D eigenvalue weighted by molar-refractivity contribution is -0.142. The van der Waals surface area contributed by atoms with Gasteiger partial charge in [0, 0.05) is 6.61 Å². The Labute approximate surface area is 88.8 Å². The van der Waals surface area contributed by atoms with Crippen LogP contribution < -0.4 is 5.32 Å². The van der Waals surface area contributed by atoms with Gasteiger partial charge in [-0.15, -0.1) is 0 Å². The summed E-state index contributed by atoms with van der Waals surface area (Å²) in [5.41, 5.74) is 0. The molecule has 1 amide bonds. The first-order valence-corrected chi connectivity index (χ1v) is 5.21. The first-order valence-electron chi connectivity index (χ1n) is 5.21. The van der Waals surface area contributed by atoms with Gasteiger partial charge in [0.25, 0.3) is 0 Å². The Balaban J connectivity index is 2.50. The molecule has 1 fully saturated rings. The van der Waals surface area contributed by atoms with Crippen LogP contribution in [0, 0.1) is 5.92 Å². The summed E-state index contributed by atoms with van der Waals surface area (Å²) in [4.78, 5) is 22.4. The predicted octanol–water partition coefficient (Wildman–Crippen LogP) is 0.391. The maximum absolute atomic E-state index is 11.7. The lowest BCUT2D eigenvalue weighted by Gasteiger charge is -2.17. The van der Waals surface area contributed by atoms with Gasteiger partial charge in [-0.05, 0) is 19.8 Å². The molecule has 1 rings (SSSR count). The summed E-state index contributed by atoms with van der Waals surface area (Å²) in [5, 5.41) is 11.3. The van der Waals surface area contributed by atoms with Gasteiger partial charge in [0.15, 0.2) is 0 Å². The maximum atomic E-state index is 11.7. The van der Waals surface area contributed by atoms with Crippen molar-refractivity contribution in [2.45, 2.75) is 38.8 Å². The van der Waals surface area contributed by atoms with E-state index in [2.05, 4.69) is 5.32 Å². The zero-order chi connectivity index (χ0) is 11.4. The molecule has 1 saturated heterocycles. The number of hydrogen-bond acceptors (Lipinski definition) is 3. The van der Waals surface area contributed by atoms with Crippen LogP contribution in [-0.4, -0.2) is 35.7 Å². The molecule has 3 unspecified atom stereocenters. The number of ether oxygens (including phenoxy) is 1. The van der Waals surface area contributed by atoms with E-state index in [-0.39, 0.29) is 17.9 Å². The first-order chi connectivity index (χ1) is 7.06. The Morgan fingerprint density at radius 2 is 2.27 bits per heavy atom. The number of amides is 1. The average molecular weight is 215 g/mol. The van der Waals surface area contributed by atoms with Crippen molar-refractivity contribution in [2.75, 3.05) is 6.61 Å². The molecule has 0 saturated carbocycles. The highest BCUT2D eigenvalue weighted by Crippen LogP contribution is 2.20. The van der Waals surface area contributed by atoms with E-state index in [1.54, 1.807) is 6.92 Å². The molecule has 0 aromatic heterocycles. The van der Waals surface area contributed by atoms with Crippen LogP contribution in [0.3, 0.4) is 0 Å². The highest BCUT2D eigenvalue weighted by molar-refractivity contribution is 5.85. The molecule has 15 heavy (non-hydrogen) atoms. The maximum Gasteiger partial charge on any atom is 0.326 e. The first kappa shape index (κ1) is 12.0. The van der Waals surface area contributed by atoms with Crippen molar-refractivity contribution in [3.63, 3.8) is 0 Å². The summed E-state index contributed by atoms with van der Waals surface area (Å²) in [6, 6.07) is -0.787. The molecular formula is C10H17NO4. The van der Waals surface area contributed by atoms with Gasteiger partial charge in [0.05, 0.1) is 12.0 Å². The normalized spacial score (nSPS) is 27.3. The van der Waals surface area contributed by atoms with E-state index in [4.69, 9.17) is 9.84 Å². The minimum Gasteiger partial charge on any atom is -0.480 e. The monoisotopic (exact) mass is 215 g/mol. The molecule has 2 N–H and O–H groups in total. The zero-order valence-electron chi connectivity index (χ0n) is 9.03. The van der Waals surface area contributed by atoms with Gasteiger partial charge < -0.3 is 15.2 Å². The molecule has 0 aromatic carbocycles. The molecule has 5 heteroatoms. The molecule has 1 aliphatic rings. The Kier molecular flexibility index (Phi) is 4.08. The van der Waals surface area contributed by atoms with Gasteiger partial charge >= 0.3 is 5.97 Å². The van der Waals surface area contributed by atoms with Crippen LogP contribution in [0.5, 0.6) is 0 Å². The molecule has 1 heterocycles. The van der Waals surface area contributed by atoms with Crippen molar-refractivity contribution in [1.29, 1.82) is 0 Å². The summed E-state index contributed by atoms with van der Waals surface area (Å²) >= 11 is 0. The molecular weight excluding hydrogens is 198 g/mol. The number of carboxylic acid groups (broad SMARTS) is 1. The van der Waals surface area contributed by atoms with Crippen molar-refractivity contribution >= 4 is 11.9 Å². The third-order valence-corrected chi connectivity index (χ3v) is 2.74. The van der Waals surface area contributed by atoms with E-state index in [9.17, 15) is 9.59 Å². The number of hydrogen-bond donors (Lipinski definition) is 2. The number of carbonyl (C=O) groups excluding carboxylic acids is 1. The summed E-state index contributed by atoms with van der Waals surface area (Å²) in [6.07, 6.45) is 0.947. The fourth-order valence-electron chi connectivity index (χ4n) is 1.69. The largest absolute Gasteiger partial charge is 0.480 e.